The predicted octanol–water partition coefficient (Wildman–Crippen LogP) is 7.93. The number of carbonyl (C=O) groups excluding carboxylic acids is 2. The van der Waals surface area contributed by atoms with Crippen molar-refractivity contribution in [3.05, 3.63) is 129 Å². The van der Waals surface area contributed by atoms with Crippen molar-refractivity contribution in [3.63, 3.8) is 0 Å². The molecular weight excluding hydrogens is 677 g/mol. The van der Waals surface area contributed by atoms with Crippen molar-refractivity contribution in [1.82, 2.24) is 10.2 Å². The Morgan fingerprint density at radius 2 is 1.38 bits per heavy atom. The van der Waals surface area contributed by atoms with Gasteiger partial charge in [-0.15, -0.1) is 0 Å². The monoisotopic (exact) mass is 711 g/mol. The van der Waals surface area contributed by atoms with Gasteiger partial charge in [-0.1, -0.05) is 127 Å². The first-order chi connectivity index (χ1) is 22.6. The van der Waals surface area contributed by atoms with Crippen molar-refractivity contribution in [2.24, 2.45) is 0 Å². The summed E-state index contributed by atoms with van der Waals surface area (Å²) in [7, 11) is -4.31. The second-order valence-electron chi connectivity index (χ2n) is 11.6. The third kappa shape index (κ3) is 8.68. The van der Waals surface area contributed by atoms with Gasteiger partial charge in [-0.2, -0.15) is 0 Å². The van der Waals surface area contributed by atoms with Crippen molar-refractivity contribution in [2.45, 2.75) is 62.0 Å². The molecule has 1 aliphatic carbocycles. The number of rotatable bonds is 12. The Morgan fingerprint density at radius 3 is 2.06 bits per heavy atom. The molecule has 1 N–H and O–H groups in total. The van der Waals surface area contributed by atoms with Crippen LogP contribution in [0, 0.1) is 0 Å². The van der Waals surface area contributed by atoms with Crippen molar-refractivity contribution < 1.29 is 18.0 Å². The summed E-state index contributed by atoms with van der Waals surface area (Å²) in [4.78, 5) is 30.3. The molecule has 4 aromatic carbocycles. The van der Waals surface area contributed by atoms with E-state index in [-0.39, 0.29) is 45.5 Å². The highest BCUT2D eigenvalue weighted by molar-refractivity contribution is 7.92. The van der Waals surface area contributed by atoms with Crippen LogP contribution in [-0.4, -0.2) is 43.8 Å². The van der Waals surface area contributed by atoms with E-state index in [1.54, 1.807) is 48.5 Å². The van der Waals surface area contributed by atoms with Crippen LogP contribution in [-0.2, 0) is 32.6 Å². The van der Waals surface area contributed by atoms with Gasteiger partial charge in [0.05, 0.1) is 20.6 Å². The lowest BCUT2D eigenvalue weighted by atomic mass is 9.94. The highest BCUT2D eigenvalue weighted by atomic mass is 35.5. The fraction of sp³-hybridized carbons (Fsp3) is 0.278. The predicted molar refractivity (Wildman–Crippen MR) is 188 cm³/mol. The van der Waals surface area contributed by atoms with Gasteiger partial charge < -0.3 is 10.2 Å². The maximum absolute atomic E-state index is 14.7. The summed E-state index contributed by atoms with van der Waals surface area (Å²) in [6.45, 7) is -0.680. The Bertz CT molecular complexity index is 1790. The molecule has 0 saturated heterocycles. The van der Waals surface area contributed by atoms with Crippen LogP contribution in [0.1, 0.15) is 43.2 Å². The van der Waals surface area contributed by atoms with E-state index in [0.29, 0.717) is 10.6 Å². The summed E-state index contributed by atoms with van der Waals surface area (Å²) in [6.07, 6.45) is 5.08. The molecule has 11 heteroatoms. The summed E-state index contributed by atoms with van der Waals surface area (Å²) in [5.74, 6) is -0.917. The van der Waals surface area contributed by atoms with Crippen LogP contribution in [0.3, 0.4) is 0 Å². The Balaban J connectivity index is 1.59. The number of nitrogens with one attached hydrogen (secondary N) is 1. The molecule has 0 unspecified atom stereocenters. The number of hydrogen-bond acceptors (Lipinski definition) is 4. The summed E-state index contributed by atoms with van der Waals surface area (Å²) < 4.78 is 29.3. The average Bonchev–Trinajstić information content (AvgIpc) is 3.08. The third-order valence-corrected chi connectivity index (χ3v) is 11.3. The zero-order valence-electron chi connectivity index (χ0n) is 25.7. The Labute approximate surface area is 291 Å². The molecule has 246 valence electrons. The normalized spacial score (nSPS) is 14.3. The maximum atomic E-state index is 14.7. The van der Waals surface area contributed by atoms with Crippen molar-refractivity contribution in [2.75, 3.05) is 10.8 Å². The molecule has 47 heavy (non-hydrogen) atoms. The number of amides is 2. The molecule has 2 amide bonds. The Hall–Kier alpha value is -3.56. The van der Waals surface area contributed by atoms with Crippen molar-refractivity contribution in [1.29, 1.82) is 0 Å². The quantitative estimate of drug-likeness (QED) is 0.162. The third-order valence-electron chi connectivity index (χ3n) is 8.33. The summed E-state index contributed by atoms with van der Waals surface area (Å²) in [6, 6.07) is 27.9. The average molecular weight is 713 g/mol. The van der Waals surface area contributed by atoms with Gasteiger partial charge in [-0.25, -0.2) is 8.42 Å². The van der Waals surface area contributed by atoms with Gasteiger partial charge in [-0.3, -0.25) is 13.9 Å². The molecule has 7 nitrogen and oxygen atoms in total. The minimum atomic E-state index is -4.31. The molecule has 0 heterocycles. The topological polar surface area (TPSA) is 86.8 Å². The van der Waals surface area contributed by atoms with E-state index in [1.165, 1.54) is 29.2 Å². The Kier molecular flexibility index (Phi) is 11.9. The van der Waals surface area contributed by atoms with E-state index in [9.17, 15) is 18.0 Å². The van der Waals surface area contributed by atoms with Crippen LogP contribution in [0.2, 0.25) is 15.1 Å². The molecular formula is C36H36Cl3N3O4S. The van der Waals surface area contributed by atoms with Crippen LogP contribution >= 0.6 is 34.8 Å². The molecule has 0 aromatic heterocycles. The van der Waals surface area contributed by atoms with E-state index < -0.39 is 28.5 Å². The first-order valence-electron chi connectivity index (χ1n) is 15.5. The van der Waals surface area contributed by atoms with Gasteiger partial charge >= 0.3 is 0 Å². The fourth-order valence-electron chi connectivity index (χ4n) is 5.83. The van der Waals surface area contributed by atoms with Gasteiger partial charge in [0.2, 0.25) is 11.8 Å². The number of anilines is 1. The van der Waals surface area contributed by atoms with Crippen molar-refractivity contribution >= 4 is 62.3 Å². The number of halogens is 3. The Morgan fingerprint density at radius 1 is 0.766 bits per heavy atom. The molecule has 0 aliphatic heterocycles. The van der Waals surface area contributed by atoms with Crippen LogP contribution < -0.4 is 9.62 Å². The minimum Gasteiger partial charge on any atom is -0.352 e. The van der Waals surface area contributed by atoms with Gasteiger partial charge in [0.25, 0.3) is 10.0 Å². The van der Waals surface area contributed by atoms with Gasteiger partial charge in [-0.05, 0) is 54.3 Å². The number of carbonyl (C=O) groups is 2. The first kappa shape index (κ1) is 34.8. The van der Waals surface area contributed by atoms with E-state index in [1.807, 2.05) is 30.3 Å². The lowest BCUT2D eigenvalue weighted by molar-refractivity contribution is -0.140. The van der Waals surface area contributed by atoms with E-state index in [2.05, 4.69) is 5.32 Å². The standard InChI is InChI=1S/C36H36Cl3N3O4S/c37-30-20-11-10-15-27(30)24-41(33(23-26-13-4-1-5-14-26)36(44)40-28-16-6-2-7-17-28)34(43)25-42(32-22-12-21-31(38)35(32)39)47(45,46)29-18-8-3-9-19-29/h1,3-5,8-15,18-22,28,33H,2,6-7,16-17,23-25H2,(H,40,44)/t33-/m1/s1. The number of hydrogen-bond donors (Lipinski definition) is 1. The van der Waals surface area contributed by atoms with Crippen LogP contribution in [0.15, 0.2) is 108 Å². The van der Waals surface area contributed by atoms with E-state index >= 15 is 0 Å². The van der Waals surface area contributed by atoms with E-state index in [0.717, 1.165) is 42.0 Å². The van der Waals surface area contributed by atoms with Gasteiger partial charge in [0.1, 0.15) is 12.6 Å². The van der Waals surface area contributed by atoms with Crippen molar-refractivity contribution in [3.8, 4) is 0 Å². The SMILES string of the molecule is O=C(NC1CCCCC1)[C@@H](Cc1ccccc1)N(Cc1ccccc1Cl)C(=O)CN(c1cccc(Cl)c1Cl)S(=O)(=O)c1ccccc1. The highest BCUT2D eigenvalue weighted by Gasteiger charge is 2.36. The maximum Gasteiger partial charge on any atom is 0.264 e. The molecule has 0 bridgehead atoms. The lowest BCUT2D eigenvalue weighted by Crippen LogP contribution is -2.55. The second kappa shape index (κ2) is 16.0. The number of benzene rings is 4. The summed E-state index contributed by atoms with van der Waals surface area (Å²) in [5.41, 5.74) is 1.50. The molecule has 0 spiro atoms. The minimum absolute atomic E-state index is 0.00740. The van der Waals surface area contributed by atoms with Crippen LogP contribution in [0.4, 0.5) is 5.69 Å². The smallest absolute Gasteiger partial charge is 0.264 e. The first-order valence-corrected chi connectivity index (χ1v) is 18.1. The molecule has 1 atom stereocenters. The van der Waals surface area contributed by atoms with Crippen LogP contribution in [0.5, 0.6) is 0 Å². The summed E-state index contributed by atoms with van der Waals surface area (Å²) >= 11 is 19.5. The second-order valence-corrected chi connectivity index (χ2v) is 14.6. The molecule has 4 aromatic rings. The molecule has 1 aliphatic rings. The zero-order valence-corrected chi connectivity index (χ0v) is 28.8. The van der Waals surface area contributed by atoms with E-state index in [4.69, 9.17) is 34.8 Å². The number of nitrogens with zero attached hydrogens (tertiary/aromatic N) is 2. The highest BCUT2D eigenvalue weighted by Crippen LogP contribution is 2.36. The molecule has 1 saturated carbocycles. The zero-order chi connectivity index (χ0) is 33.4. The molecule has 5 rings (SSSR count). The largest absolute Gasteiger partial charge is 0.352 e. The van der Waals surface area contributed by atoms with Gasteiger partial charge in [0, 0.05) is 24.0 Å². The molecule has 1 fully saturated rings. The van der Waals surface area contributed by atoms with Crippen LogP contribution in [0.25, 0.3) is 0 Å². The fourth-order valence-corrected chi connectivity index (χ4v) is 7.92. The number of sulfonamides is 1. The molecule has 0 radical (unpaired) electrons. The lowest BCUT2D eigenvalue weighted by Gasteiger charge is -2.35. The summed E-state index contributed by atoms with van der Waals surface area (Å²) in [5, 5.41) is 3.73. The van der Waals surface area contributed by atoms with Gasteiger partial charge in [0.15, 0.2) is 0 Å².